The average Bonchev–Trinajstić information content (AvgIpc) is 2.26. The molecule has 0 saturated carbocycles. The van der Waals surface area contributed by atoms with Gasteiger partial charge in [0.25, 0.3) is 0 Å². The summed E-state index contributed by atoms with van der Waals surface area (Å²) in [5.74, 6) is 6.28. The van der Waals surface area contributed by atoms with Gasteiger partial charge < -0.3 is 5.32 Å². The molecule has 1 heteroatoms. The van der Waals surface area contributed by atoms with E-state index in [0.29, 0.717) is 0 Å². The van der Waals surface area contributed by atoms with Crippen molar-refractivity contribution in [3.63, 3.8) is 0 Å². The van der Waals surface area contributed by atoms with Crippen LogP contribution >= 0.6 is 0 Å². The third-order valence-electron chi connectivity index (χ3n) is 2.16. The molecular formula is C14H19N. The normalized spacial score (nSPS) is 9.47. The number of aryl methyl sites for hydroxylation is 1. The fourth-order valence-corrected chi connectivity index (χ4v) is 1.43. The Labute approximate surface area is 92.9 Å². The fourth-order valence-electron chi connectivity index (χ4n) is 1.43. The summed E-state index contributed by atoms with van der Waals surface area (Å²) in [6, 6.07) is 8.50. The minimum absolute atomic E-state index is 0.772. The summed E-state index contributed by atoms with van der Waals surface area (Å²) in [7, 11) is 0. The molecule has 0 bridgehead atoms. The summed E-state index contributed by atoms with van der Waals surface area (Å²) in [4.78, 5) is 0. The first-order chi connectivity index (χ1) is 7.36. The van der Waals surface area contributed by atoms with Crippen LogP contribution in [0.1, 0.15) is 31.4 Å². The Bertz CT molecular complexity index is 344. The molecule has 1 nitrogen and oxygen atoms in total. The predicted molar refractivity (Wildman–Crippen MR) is 65.9 cm³/mol. The molecule has 0 aromatic heterocycles. The van der Waals surface area contributed by atoms with Gasteiger partial charge in [0.05, 0.1) is 6.54 Å². The molecule has 0 heterocycles. The highest BCUT2D eigenvalue weighted by Gasteiger charge is 1.91. The lowest BCUT2D eigenvalue weighted by atomic mass is 10.1. The van der Waals surface area contributed by atoms with E-state index in [-0.39, 0.29) is 0 Å². The molecule has 80 valence electrons. The Balaban J connectivity index is 2.59. The molecule has 0 radical (unpaired) electrons. The van der Waals surface area contributed by atoms with Gasteiger partial charge in [0.15, 0.2) is 0 Å². The first-order valence-corrected chi connectivity index (χ1v) is 5.65. The SMILES string of the molecule is CCCc1cccc(C#CCNCC)c1. The lowest BCUT2D eigenvalue weighted by molar-refractivity contribution is 0.811. The second kappa shape index (κ2) is 7.09. The van der Waals surface area contributed by atoms with Crippen molar-refractivity contribution in [1.82, 2.24) is 5.32 Å². The van der Waals surface area contributed by atoms with Gasteiger partial charge in [0.2, 0.25) is 0 Å². The third kappa shape index (κ3) is 4.67. The van der Waals surface area contributed by atoms with Crippen LogP contribution in [0.25, 0.3) is 0 Å². The second-order valence-corrected chi connectivity index (χ2v) is 3.53. The molecule has 0 atom stereocenters. The zero-order chi connectivity index (χ0) is 10.9. The van der Waals surface area contributed by atoms with E-state index in [1.54, 1.807) is 0 Å². The Morgan fingerprint density at radius 2 is 2.13 bits per heavy atom. The highest BCUT2D eigenvalue weighted by atomic mass is 14.8. The van der Waals surface area contributed by atoms with Crippen LogP contribution in [0, 0.1) is 11.8 Å². The van der Waals surface area contributed by atoms with Gasteiger partial charge in [-0.1, -0.05) is 44.2 Å². The van der Waals surface area contributed by atoms with Gasteiger partial charge in [-0.15, -0.1) is 0 Å². The Hall–Kier alpha value is -1.26. The Morgan fingerprint density at radius 1 is 1.27 bits per heavy atom. The van der Waals surface area contributed by atoms with E-state index in [0.717, 1.165) is 25.1 Å². The number of hydrogen-bond donors (Lipinski definition) is 1. The molecule has 0 fully saturated rings. The zero-order valence-electron chi connectivity index (χ0n) is 9.64. The monoisotopic (exact) mass is 201 g/mol. The summed E-state index contributed by atoms with van der Waals surface area (Å²) in [6.45, 7) is 6.03. The topological polar surface area (TPSA) is 12.0 Å². The van der Waals surface area contributed by atoms with E-state index < -0.39 is 0 Å². The van der Waals surface area contributed by atoms with Crippen molar-refractivity contribution >= 4 is 0 Å². The van der Waals surface area contributed by atoms with E-state index in [4.69, 9.17) is 0 Å². The van der Waals surface area contributed by atoms with Gasteiger partial charge in [-0.3, -0.25) is 0 Å². The largest absolute Gasteiger partial charge is 0.306 e. The smallest absolute Gasteiger partial charge is 0.0580 e. The van der Waals surface area contributed by atoms with Crippen molar-refractivity contribution in [3.8, 4) is 11.8 Å². The van der Waals surface area contributed by atoms with Crippen molar-refractivity contribution < 1.29 is 0 Å². The molecule has 0 amide bonds. The van der Waals surface area contributed by atoms with E-state index >= 15 is 0 Å². The average molecular weight is 201 g/mol. The number of hydrogen-bond acceptors (Lipinski definition) is 1. The molecule has 0 aliphatic heterocycles. The summed E-state index contributed by atoms with van der Waals surface area (Å²) in [5.41, 5.74) is 2.51. The van der Waals surface area contributed by atoms with E-state index in [1.807, 2.05) is 0 Å². The van der Waals surface area contributed by atoms with Crippen LogP contribution in [0.5, 0.6) is 0 Å². The summed E-state index contributed by atoms with van der Waals surface area (Å²) < 4.78 is 0. The molecule has 15 heavy (non-hydrogen) atoms. The predicted octanol–water partition coefficient (Wildman–Crippen LogP) is 2.60. The summed E-state index contributed by atoms with van der Waals surface area (Å²) >= 11 is 0. The third-order valence-corrected chi connectivity index (χ3v) is 2.16. The molecule has 1 N–H and O–H groups in total. The van der Waals surface area contributed by atoms with Crippen LogP contribution in [-0.2, 0) is 6.42 Å². The molecule has 1 aromatic rings. The maximum absolute atomic E-state index is 3.18. The Morgan fingerprint density at radius 3 is 2.87 bits per heavy atom. The molecule has 0 saturated heterocycles. The summed E-state index contributed by atoms with van der Waals surface area (Å²) in [5, 5.41) is 3.18. The van der Waals surface area contributed by atoms with Crippen molar-refractivity contribution in [1.29, 1.82) is 0 Å². The first kappa shape index (κ1) is 11.8. The molecule has 1 rings (SSSR count). The number of nitrogens with one attached hydrogen (secondary N) is 1. The number of rotatable bonds is 4. The van der Waals surface area contributed by atoms with E-state index in [1.165, 1.54) is 12.0 Å². The van der Waals surface area contributed by atoms with Crippen LogP contribution < -0.4 is 5.32 Å². The van der Waals surface area contributed by atoms with Crippen LogP contribution in [0.2, 0.25) is 0 Å². The van der Waals surface area contributed by atoms with E-state index in [9.17, 15) is 0 Å². The quantitative estimate of drug-likeness (QED) is 0.583. The summed E-state index contributed by atoms with van der Waals surface area (Å²) in [6.07, 6.45) is 2.33. The second-order valence-electron chi connectivity index (χ2n) is 3.53. The minimum atomic E-state index is 0.772. The zero-order valence-corrected chi connectivity index (χ0v) is 9.64. The van der Waals surface area contributed by atoms with Gasteiger partial charge in [0, 0.05) is 5.56 Å². The maximum atomic E-state index is 3.18. The minimum Gasteiger partial charge on any atom is -0.306 e. The van der Waals surface area contributed by atoms with Crippen LogP contribution in [0.4, 0.5) is 0 Å². The first-order valence-electron chi connectivity index (χ1n) is 5.65. The van der Waals surface area contributed by atoms with Gasteiger partial charge in [-0.05, 0) is 30.7 Å². The van der Waals surface area contributed by atoms with Gasteiger partial charge >= 0.3 is 0 Å². The fraction of sp³-hybridized carbons (Fsp3) is 0.429. The molecular weight excluding hydrogens is 182 g/mol. The van der Waals surface area contributed by atoms with Crippen LogP contribution in [0.15, 0.2) is 24.3 Å². The van der Waals surface area contributed by atoms with Crippen molar-refractivity contribution in [2.75, 3.05) is 13.1 Å². The molecule has 0 spiro atoms. The van der Waals surface area contributed by atoms with Crippen molar-refractivity contribution in [2.24, 2.45) is 0 Å². The van der Waals surface area contributed by atoms with Crippen molar-refractivity contribution in [3.05, 3.63) is 35.4 Å². The van der Waals surface area contributed by atoms with Crippen molar-refractivity contribution in [2.45, 2.75) is 26.7 Å². The number of benzene rings is 1. The van der Waals surface area contributed by atoms with E-state index in [2.05, 4.69) is 55.3 Å². The van der Waals surface area contributed by atoms with Crippen LogP contribution in [-0.4, -0.2) is 13.1 Å². The van der Waals surface area contributed by atoms with Gasteiger partial charge in [-0.2, -0.15) is 0 Å². The van der Waals surface area contributed by atoms with Gasteiger partial charge in [0.1, 0.15) is 0 Å². The molecule has 0 aliphatic carbocycles. The highest BCUT2D eigenvalue weighted by Crippen LogP contribution is 2.06. The lowest BCUT2D eigenvalue weighted by Crippen LogP contribution is -2.11. The lowest BCUT2D eigenvalue weighted by Gasteiger charge is -1.98. The maximum Gasteiger partial charge on any atom is 0.0580 e. The van der Waals surface area contributed by atoms with Crippen LogP contribution in [0.3, 0.4) is 0 Å². The molecule has 0 unspecified atom stereocenters. The highest BCUT2D eigenvalue weighted by molar-refractivity contribution is 5.37. The standard InChI is InChI=1S/C14H19N/c1-3-7-13-8-5-9-14(12-13)10-6-11-15-4-2/h5,8-9,12,15H,3-4,7,11H2,1-2H3. The molecule has 1 aromatic carbocycles. The Kier molecular flexibility index (Phi) is 5.58. The van der Waals surface area contributed by atoms with Gasteiger partial charge in [-0.25, -0.2) is 0 Å². The molecule has 0 aliphatic rings.